The monoisotopic (exact) mass is 376 g/mol. The summed E-state index contributed by atoms with van der Waals surface area (Å²) in [7, 11) is 0. The molecule has 25 heavy (non-hydrogen) atoms. The Bertz CT molecular complexity index is 949. The Balaban J connectivity index is 1.54. The van der Waals surface area contributed by atoms with Gasteiger partial charge in [0.25, 0.3) is 5.56 Å². The molecule has 1 saturated heterocycles. The summed E-state index contributed by atoms with van der Waals surface area (Å²) in [6.45, 7) is 2.00. The molecule has 0 amide bonds. The van der Waals surface area contributed by atoms with Crippen molar-refractivity contribution in [3.05, 3.63) is 51.8 Å². The van der Waals surface area contributed by atoms with Gasteiger partial charge in [0.05, 0.1) is 10.7 Å². The van der Waals surface area contributed by atoms with E-state index < -0.39 is 0 Å². The SMILES string of the molecule is O=c1cc(CSc2nncn2C2CCCNC2)nc2ccc(Cl)cn12. The van der Waals surface area contributed by atoms with Crippen molar-refractivity contribution in [3.8, 4) is 0 Å². The van der Waals surface area contributed by atoms with Crippen molar-refractivity contribution in [2.24, 2.45) is 0 Å². The van der Waals surface area contributed by atoms with Crippen molar-refractivity contribution in [1.82, 2.24) is 29.5 Å². The van der Waals surface area contributed by atoms with Crippen LogP contribution in [0.15, 0.2) is 40.7 Å². The van der Waals surface area contributed by atoms with Gasteiger partial charge in [-0.25, -0.2) is 4.98 Å². The summed E-state index contributed by atoms with van der Waals surface area (Å²) in [5.41, 5.74) is 1.17. The highest BCUT2D eigenvalue weighted by Crippen LogP contribution is 2.25. The van der Waals surface area contributed by atoms with Gasteiger partial charge < -0.3 is 9.88 Å². The zero-order valence-electron chi connectivity index (χ0n) is 13.4. The first-order chi connectivity index (χ1) is 12.2. The summed E-state index contributed by atoms with van der Waals surface area (Å²) in [4.78, 5) is 16.8. The molecule has 0 saturated carbocycles. The topological polar surface area (TPSA) is 77.1 Å². The van der Waals surface area contributed by atoms with Crippen molar-refractivity contribution in [2.75, 3.05) is 13.1 Å². The number of halogens is 1. The molecular formula is C16H17ClN6OS. The normalized spacial score (nSPS) is 17.9. The maximum Gasteiger partial charge on any atom is 0.258 e. The summed E-state index contributed by atoms with van der Waals surface area (Å²) in [5.74, 6) is 0.563. The molecule has 1 N–H and O–H groups in total. The van der Waals surface area contributed by atoms with Crippen LogP contribution in [0, 0.1) is 0 Å². The molecule has 0 radical (unpaired) electrons. The lowest BCUT2D eigenvalue weighted by Crippen LogP contribution is -2.31. The molecule has 3 aromatic heterocycles. The Morgan fingerprint density at radius 3 is 3.16 bits per heavy atom. The molecule has 9 heteroatoms. The van der Waals surface area contributed by atoms with Crippen molar-refractivity contribution < 1.29 is 0 Å². The molecule has 0 aliphatic carbocycles. The largest absolute Gasteiger partial charge is 0.315 e. The second-order valence-corrected chi connectivity index (χ2v) is 7.35. The molecular weight excluding hydrogens is 360 g/mol. The molecule has 4 heterocycles. The number of hydrogen-bond donors (Lipinski definition) is 1. The first-order valence-corrected chi connectivity index (χ1v) is 9.48. The van der Waals surface area contributed by atoms with Gasteiger partial charge in [-0.15, -0.1) is 10.2 Å². The van der Waals surface area contributed by atoms with Gasteiger partial charge in [0, 0.05) is 30.6 Å². The van der Waals surface area contributed by atoms with Crippen LogP contribution in [0.25, 0.3) is 5.65 Å². The third-order valence-electron chi connectivity index (χ3n) is 4.23. The van der Waals surface area contributed by atoms with Gasteiger partial charge in [-0.2, -0.15) is 0 Å². The second-order valence-electron chi connectivity index (χ2n) is 5.97. The molecule has 130 valence electrons. The summed E-state index contributed by atoms with van der Waals surface area (Å²) >= 11 is 7.48. The fourth-order valence-electron chi connectivity index (χ4n) is 3.00. The minimum absolute atomic E-state index is 0.138. The predicted molar refractivity (Wildman–Crippen MR) is 97.2 cm³/mol. The van der Waals surface area contributed by atoms with Crippen LogP contribution in [0.5, 0.6) is 0 Å². The maximum absolute atomic E-state index is 12.2. The van der Waals surface area contributed by atoms with E-state index in [1.807, 2.05) is 0 Å². The van der Waals surface area contributed by atoms with E-state index in [4.69, 9.17) is 11.6 Å². The first kappa shape index (κ1) is 16.6. The van der Waals surface area contributed by atoms with Crippen LogP contribution in [-0.4, -0.2) is 37.2 Å². The lowest BCUT2D eigenvalue weighted by atomic mass is 10.1. The van der Waals surface area contributed by atoms with Gasteiger partial charge in [-0.1, -0.05) is 23.4 Å². The van der Waals surface area contributed by atoms with Gasteiger partial charge >= 0.3 is 0 Å². The average Bonchev–Trinajstić information content (AvgIpc) is 3.10. The first-order valence-electron chi connectivity index (χ1n) is 8.11. The summed E-state index contributed by atoms with van der Waals surface area (Å²) < 4.78 is 3.57. The van der Waals surface area contributed by atoms with E-state index in [1.54, 1.807) is 42.5 Å². The number of hydrogen-bond acceptors (Lipinski definition) is 6. The van der Waals surface area contributed by atoms with Gasteiger partial charge in [-0.3, -0.25) is 9.20 Å². The number of nitrogens with one attached hydrogen (secondary N) is 1. The third-order valence-corrected chi connectivity index (χ3v) is 5.44. The zero-order chi connectivity index (χ0) is 17.2. The smallest absolute Gasteiger partial charge is 0.258 e. The Hall–Kier alpha value is -1.90. The zero-order valence-corrected chi connectivity index (χ0v) is 15.0. The second kappa shape index (κ2) is 7.15. The van der Waals surface area contributed by atoms with Gasteiger partial charge in [0.1, 0.15) is 12.0 Å². The fraction of sp³-hybridized carbons (Fsp3) is 0.375. The highest BCUT2D eigenvalue weighted by atomic mass is 35.5. The summed E-state index contributed by atoms with van der Waals surface area (Å²) in [6.07, 6.45) is 5.63. The molecule has 0 bridgehead atoms. The van der Waals surface area contributed by atoms with Crippen molar-refractivity contribution in [1.29, 1.82) is 0 Å². The Morgan fingerprint density at radius 2 is 2.32 bits per heavy atom. The maximum atomic E-state index is 12.2. The molecule has 0 aromatic carbocycles. The molecule has 7 nitrogen and oxygen atoms in total. The predicted octanol–water partition coefficient (Wildman–Crippen LogP) is 2.16. The van der Waals surface area contributed by atoms with E-state index in [2.05, 4.69) is 25.1 Å². The molecule has 3 aromatic rings. The average molecular weight is 377 g/mol. The van der Waals surface area contributed by atoms with E-state index in [0.29, 0.717) is 28.2 Å². The minimum atomic E-state index is -0.138. The number of nitrogens with zero attached hydrogens (tertiary/aromatic N) is 5. The molecule has 1 aliphatic rings. The summed E-state index contributed by atoms with van der Waals surface area (Å²) in [6, 6.07) is 5.39. The molecule has 4 rings (SSSR count). The van der Waals surface area contributed by atoms with Crippen LogP contribution < -0.4 is 10.9 Å². The molecule has 1 atom stereocenters. The number of aromatic nitrogens is 5. The number of pyridine rings is 1. The van der Waals surface area contributed by atoms with Gasteiger partial charge in [0.15, 0.2) is 5.16 Å². The van der Waals surface area contributed by atoms with Crippen LogP contribution >= 0.6 is 23.4 Å². The fourth-order valence-corrected chi connectivity index (χ4v) is 4.03. The lowest BCUT2D eigenvalue weighted by Gasteiger charge is -2.24. The van der Waals surface area contributed by atoms with E-state index in [0.717, 1.165) is 31.1 Å². The number of rotatable bonds is 4. The number of fused-ring (bicyclic) bond motifs is 1. The highest BCUT2D eigenvalue weighted by Gasteiger charge is 2.18. The van der Waals surface area contributed by atoms with E-state index >= 15 is 0 Å². The Labute approximate surface area is 153 Å². The lowest BCUT2D eigenvalue weighted by molar-refractivity contribution is 0.354. The van der Waals surface area contributed by atoms with Crippen molar-refractivity contribution in [2.45, 2.75) is 29.8 Å². The van der Waals surface area contributed by atoms with Crippen LogP contribution in [0.1, 0.15) is 24.6 Å². The van der Waals surface area contributed by atoms with Crippen molar-refractivity contribution >= 4 is 29.0 Å². The van der Waals surface area contributed by atoms with Crippen LogP contribution in [0.4, 0.5) is 0 Å². The van der Waals surface area contributed by atoms with E-state index in [9.17, 15) is 4.79 Å². The Morgan fingerprint density at radius 1 is 1.40 bits per heavy atom. The van der Waals surface area contributed by atoms with Gasteiger partial charge in [-0.05, 0) is 31.5 Å². The standard InChI is InChI=1S/C16H17ClN6OS/c17-11-3-4-14-20-12(6-15(24)22(14)8-11)9-25-16-21-19-10-23(16)13-2-1-5-18-7-13/h3-4,6,8,10,13,18H,1-2,5,7,9H2. The minimum Gasteiger partial charge on any atom is -0.315 e. The number of piperidine rings is 1. The quantitative estimate of drug-likeness (QED) is 0.703. The number of thioether (sulfide) groups is 1. The molecule has 0 spiro atoms. The summed E-state index contributed by atoms with van der Waals surface area (Å²) in [5, 5.41) is 13.0. The highest BCUT2D eigenvalue weighted by molar-refractivity contribution is 7.98. The third kappa shape index (κ3) is 3.56. The molecule has 1 aliphatic heterocycles. The van der Waals surface area contributed by atoms with Gasteiger partial charge in [0.2, 0.25) is 0 Å². The van der Waals surface area contributed by atoms with Crippen LogP contribution in [0.2, 0.25) is 5.02 Å². The van der Waals surface area contributed by atoms with E-state index in [1.165, 1.54) is 4.40 Å². The van der Waals surface area contributed by atoms with Crippen molar-refractivity contribution in [3.63, 3.8) is 0 Å². The Kier molecular flexibility index (Phi) is 4.74. The van der Waals surface area contributed by atoms with E-state index in [-0.39, 0.29) is 5.56 Å². The molecule has 1 unspecified atom stereocenters. The molecule has 1 fully saturated rings. The van der Waals surface area contributed by atoms with Crippen LogP contribution in [-0.2, 0) is 5.75 Å². The van der Waals surface area contributed by atoms with Crippen LogP contribution in [0.3, 0.4) is 0 Å².